The number of hydrogen-bond acceptors (Lipinski definition) is 6. The topological polar surface area (TPSA) is 98.7 Å². The van der Waals surface area contributed by atoms with Crippen molar-refractivity contribution in [1.82, 2.24) is 19.2 Å². The Hall–Kier alpha value is -3.68. The fourth-order valence-electron chi connectivity index (χ4n) is 2.94. The van der Waals surface area contributed by atoms with Gasteiger partial charge in [0.15, 0.2) is 12.4 Å². The molecule has 0 spiro atoms. The lowest BCUT2D eigenvalue weighted by molar-refractivity contribution is 0.0461. The first-order chi connectivity index (χ1) is 13.0. The third-order valence-electron chi connectivity index (χ3n) is 4.47. The maximum Gasteiger partial charge on any atom is 0.338 e. The number of esters is 1. The number of carbonyl (C=O) groups excluding carboxylic acids is 1. The molecule has 0 saturated carbocycles. The van der Waals surface area contributed by atoms with Gasteiger partial charge >= 0.3 is 5.97 Å². The molecule has 4 rings (SSSR count). The van der Waals surface area contributed by atoms with Gasteiger partial charge in [0, 0.05) is 7.05 Å². The van der Waals surface area contributed by atoms with Gasteiger partial charge in [-0.15, -0.1) is 10.2 Å². The first-order valence-electron chi connectivity index (χ1n) is 8.26. The molecule has 0 aliphatic carbocycles. The van der Waals surface area contributed by atoms with Crippen LogP contribution < -0.4 is 5.56 Å². The molecule has 2 aromatic heterocycles. The minimum absolute atomic E-state index is 0.0263. The van der Waals surface area contributed by atoms with Crippen molar-refractivity contribution in [3.8, 4) is 5.75 Å². The number of phenolic OH excluding ortho intramolecular Hbond substituents is 1. The predicted octanol–water partition coefficient (Wildman–Crippen LogP) is 1.95. The van der Waals surface area contributed by atoms with E-state index in [2.05, 4.69) is 10.2 Å². The van der Waals surface area contributed by atoms with Gasteiger partial charge in [0.05, 0.1) is 16.5 Å². The summed E-state index contributed by atoms with van der Waals surface area (Å²) in [6.07, 6.45) is 0. The zero-order valence-corrected chi connectivity index (χ0v) is 14.7. The molecule has 4 aromatic rings. The smallest absolute Gasteiger partial charge is 0.338 e. The number of carbonyl (C=O) groups is 1. The fourth-order valence-corrected chi connectivity index (χ4v) is 2.94. The number of hydrogen-bond donors (Lipinski definition) is 1. The number of nitrogens with zero attached hydrogens (tertiary/aromatic N) is 4. The first-order valence-corrected chi connectivity index (χ1v) is 8.26. The van der Waals surface area contributed by atoms with Crippen LogP contribution in [0, 0.1) is 6.92 Å². The normalized spacial score (nSPS) is 11.2. The van der Waals surface area contributed by atoms with Gasteiger partial charge in [0.2, 0.25) is 5.78 Å². The Bertz CT molecular complexity index is 1260. The van der Waals surface area contributed by atoms with Gasteiger partial charge in [-0.05, 0) is 36.8 Å². The molecule has 8 nitrogen and oxygen atoms in total. The van der Waals surface area contributed by atoms with Gasteiger partial charge in [0.25, 0.3) is 5.56 Å². The molecular formula is C19H16N4O4. The van der Waals surface area contributed by atoms with Crippen molar-refractivity contribution in [2.75, 3.05) is 0 Å². The third-order valence-corrected chi connectivity index (χ3v) is 4.47. The SMILES string of the molecule is Cc1ccc(C(=O)OCc2nnc3n(C)c(=O)c4ccccc4n23)cc1O. The van der Waals surface area contributed by atoms with Gasteiger partial charge in [-0.3, -0.25) is 13.8 Å². The molecule has 0 saturated heterocycles. The quantitative estimate of drug-likeness (QED) is 0.558. The molecule has 0 radical (unpaired) electrons. The van der Waals surface area contributed by atoms with E-state index in [1.807, 2.05) is 6.07 Å². The van der Waals surface area contributed by atoms with E-state index >= 15 is 0 Å². The van der Waals surface area contributed by atoms with Crippen LogP contribution in [0.3, 0.4) is 0 Å². The molecule has 0 aliphatic heterocycles. The van der Waals surface area contributed by atoms with E-state index in [1.165, 1.54) is 10.6 Å². The number of benzene rings is 2. The van der Waals surface area contributed by atoms with Crippen molar-refractivity contribution < 1.29 is 14.6 Å². The van der Waals surface area contributed by atoms with Crippen LogP contribution in [0.25, 0.3) is 16.7 Å². The van der Waals surface area contributed by atoms with Gasteiger partial charge < -0.3 is 9.84 Å². The molecule has 0 bridgehead atoms. The summed E-state index contributed by atoms with van der Waals surface area (Å²) in [6.45, 7) is 1.61. The van der Waals surface area contributed by atoms with Gasteiger partial charge in [-0.1, -0.05) is 18.2 Å². The number of fused-ring (bicyclic) bond motifs is 3. The maximum absolute atomic E-state index is 12.4. The molecule has 0 amide bonds. The summed E-state index contributed by atoms with van der Waals surface area (Å²) in [5.41, 5.74) is 1.37. The minimum Gasteiger partial charge on any atom is -0.508 e. The van der Waals surface area contributed by atoms with E-state index in [0.29, 0.717) is 28.1 Å². The monoisotopic (exact) mass is 364 g/mol. The zero-order valence-electron chi connectivity index (χ0n) is 14.7. The molecule has 0 unspecified atom stereocenters. The number of ether oxygens (including phenoxy) is 1. The molecule has 0 aliphatic rings. The van der Waals surface area contributed by atoms with E-state index in [1.54, 1.807) is 48.7 Å². The van der Waals surface area contributed by atoms with E-state index in [4.69, 9.17) is 4.74 Å². The number of aromatic hydroxyl groups is 1. The highest BCUT2D eigenvalue weighted by molar-refractivity contribution is 5.90. The largest absolute Gasteiger partial charge is 0.508 e. The van der Waals surface area contributed by atoms with Crippen LogP contribution in [-0.4, -0.2) is 30.2 Å². The summed E-state index contributed by atoms with van der Waals surface area (Å²) in [5, 5.41) is 18.4. The van der Waals surface area contributed by atoms with Crippen molar-refractivity contribution >= 4 is 22.6 Å². The standard InChI is InChI=1S/C19H16N4O4/c1-11-7-8-12(9-15(11)24)18(26)27-10-16-20-21-19-22(2)17(25)13-5-3-4-6-14(13)23(16)19/h3-9,24H,10H2,1-2H3. The Kier molecular flexibility index (Phi) is 3.88. The van der Waals surface area contributed by atoms with Crippen LogP contribution in [0.15, 0.2) is 47.3 Å². The lowest BCUT2D eigenvalue weighted by Gasteiger charge is -2.08. The van der Waals surface area contributed by atoms with Crippen molar-refractivity contribution in [3.63, 3.8) is 0 Å². The fraction of sp³-hybridized carbons (Fsp3) is 0.158. The number of aromatic nitrogens is 4. The highest BCUT2D eigenvalue weighted by Crippen LogP contribution is 2.19. The molecule has 136 valence electrons. The zero-order chi connectivity index (χ0) is 19.1. The lowest BCUT2D eigenvalue weighted by atomic mass is 10.1. The van der Waals surface area contributed by atoms with Crippen LogP contribution in [0.5, 0.6) is 5.75 Å². The summed E-state index contributed by atoms with van der Waals surface area (Å²) >= 11 is 0. The highest BCUT2D eigenvalue weighted by atomic mass is 16.5. The molecule has 0 fully saturated rings. The number of phenols is 1. The first kappa shape index (κ1) is 16.8. The summed E-state index contributed by atoms with van der Waals surface area (Å²) < 4.78 is 8.43. The summed E-state index contributed by atoms with van der Waals surface area (Å²) in [4.78, 5) is 24.7. The van der Waals surface area contributed by atoms with E-state index in [0.717, 1.165) is 0 Å². The number of aryl methyl sites for hydroxylation is 2. The van der Waals surface area contributed by atoms with Crippen LogP contribution in [0.2, 0.25) is 0 Å². The van der Waals surface area contributed by atoms with Crippen LogP contribution >= 0.6 is 0 Å². The Morgan fingerprint density at radius 3 is 2.74 bits per heavy atom. The number of rotatable bonds is 3. The second kappa shape index (κ2) is 6.24. The summed E-state index contributed by atoms with van der Waals surface area (Å²) in [7, 11) is 1.61. The summed E-state index contributed by atoms with van der Waals surface area (Å²) in [6, 6.07) is 11.7. The van der Waals surface area contributed by atoms with Gasteiger partial charge in [-0.25, -0.2) is 4.79 Å². The molecule has 1 N–H and O–H groups in total. The van der Waals surface area contributed by atoms with Crippen molar-refractivity contribution in [2.24, 2.45) is 7.05 Å². The average molecular weight is 364 g/mol. The van der Waals surface area contributed by atoms with Crippen LogP contribution in [-0.2, 0) is 18.4 Å². The van der Waals surface area contributed by atoms with Gasteiger partial charge in [0.1, 0.15) is 5.75 Å². The van der Waals surface area contributed by atoms with E-state index in [9.17, 15) is 14.7 Å². The molecule has 0 atom stereocenters. The maximum atomic E-state index is 12.4. The summed E-state index contributed by atoms with van der Waals surface area (Å²) in [5.74, 6) is 0.189. The molecule has 8 heteroatoms. The molecular weight excluding hydrogens is 348 g/mol. The van der Waals surface area contributed by atoms with Crippen molar-refractivity contribution in [1.29, 1.82) is 0 Å². The Morgan fingerprint density at radius 1 is 1.19 bits per heavy atom. The third kappa shape index (κ3) is 2.71. The van der Waals surface area contributed by atoms with Crippen LogP contribution in [0.4, 0.5) is 0 Å². The van der Waals surface area contributed by atoms with Crippen molar-refractivity contribution in [2.45, 2.75) is 13.5 Å². The Morgan fingerprint density at radius 2 is 1.96 bits per heavy atom. The minimum atomic E-state index is -0.587. The Balaban J connectivity index is 1.72. The Labute approximate surface area is 153 Å². The second-order valence-corrected chi connectivity index (χ2v) is 6.21. The van der Waals surface area contributed by atoms with Crippen LogP contribution in [0.1, 0.15) is 21.7 Å². The molecule has 27 heavy (non-hydrogen) atoms. The van der Waals surface area contributed by atoms with E-state index < -0.39 is 5.97 Å². The van der Waals surface area contributed by atoms with E-state index in [-0.39, 0.29) is 23.5 Å². The highest BCUT2D eigenvalue weighted by Gasteiger charge is 2.16. The van der Waals surface area contributed by atoms with Crippen molar-refractivity contribution in [3.05, 3.63) is 69.8 Å². The predicted molar refractivity (Wildman–Crippen MR) is 97.7 cm³/mol. The average Bonchev–Trinajstić information content (AvgIpc) is 3.10. The molecule has 2 aromatic carbocycles. The second-order valence-electron chi connectivity index (χ2n) is 6.21. The lowest BCUT2D eigenvalue weighted by Crippen LogP contribution is -2.20. The van der Waals surface area contributed by atoms with Gasteiger partial charge in [-0.2, -0.15) is 0 Å². The number of para-hydroxylation sites is 1. The molecule has 2 heterocycles.